The third kappa shape index (κ3) is 4.71. The molecule has 0 aliphatic carbocycles. The molecule has 2 aromatic rings. The monoisotopic (exact) mass is 286 g/mol. The van der Waals surface area contributed by atoms with Gasteiger partial charge in [-0.25, -0.2) is 0 Å². The minimum Gasteiger partial charge on any atom is -0.344 e. The standard InChI is InChI=1S/C17H19ClN2/c1-14-7-9-16(10-8-14)20-17(19-12-11-18)13-15-5-3-2-4-6-15/h2-10H,11-13H2,1H3,(H,19,20). The molecule has 0 heterocycles. The summed E-state index contributed by atoms with van der Waals surface area (Å²) in [6.07, 6.45) is 0.783. The number of aryl methyl sites for hydroxylation is 1. The van der Waals surface area contributed by atoms with Crippen molar-refractivity contribution in [3.8, 4) is 0 Å². The van der Waals surface area contributed by atoms with E-state index in [4.69, 9.17) is 11.6 Å². The van der Waals surface area contributed by atoms with E-state index in [0.717, 1.165) is 17.9 Å². The Hall–Kier alpha value is -1.80. The van der Waals surface area contributed by atoms with Crippen LogP contribution < -0.4 is 5.32 Å². The first kappa shape index (κ1) is 14.6. The van der Waals surface area contributed by atoms with E-state index in [0.29, 0.717) is 12.4 Å². The SMILES string of the molecule is Cc1ccc(NC(Cc2ccccc2)=NCCCl)cc1. The average molecular weight is 287 g/mol. The van der Waals surface area contributed by atoms with Gasteiger partial charge in [-0.15, -0.1) is 11.6 Å². The van der Waals surface area contributed by atoms with Crippen LogP contribution in [-0.2, 0) is 6.42 Å². The van der Waals surface area contributed by atoms with Crippen molar-refractivity contribution in [2.24, 2.45) is 4.99 Å². The highest BCUT2D eigenvalue weighted by atomic mass is 35.5. The van der Waals surface area contributed by atoms with Crippen LogP contribution >= 0.6 is 11.6 Å². The van der Waals surface area contributed by atoms with Crippen LogP contribution in [0.25, 0.3) is 0 Å². The number of nitrogens with one attached hydrogen (secondary N) is 1. The number of nitrogens with zero attached hydrogens (tertiary/aromatic N) is 1. The van der Waals surface area contributed by atoms with Crippen LogP contribution in [0.5, 0.6) is 0 Å². The molecule has 0 amide bonds. The fraction of sp³-hybridized carbons (Fsp3) is 0.235. The molecule has 0 radical (unpaired) electrons. The number of aliphatic imine (C=N–C) groups is 1. The summed E-state index contributed by atoms with van der Waals surface area (Å²) in [6.45, 7) is 2.71. The maximum atomic E-state index is 5.74. The van der Waals surface area contributed by atoms with Crippen LogP contribution in [-0.4, -0.2) is 18.3 Å². The van der Waals surface area contributed by atoms with E-state index in [1.165, 1.54) is 11.1 Å². The van der Waals surface area contributed by atoms with E-state index in [9.17, 15) is 0 Å². The summed E-state index contributed by atoms with van der Waals surface area (Å²) in [5, 5.41) is 3.38. The number of benzene rings is 2. The van der Waals surface area contributed by atoms with Gasteiger partial charge < -0.3 is 5.32 Å². The van der Waals surface area contributed by atoms with Crippen LogP contribution in [0.4, 0.5) is 5.69 Å². The highest BCUT2D eigenvalue weighted by molar-refractivity contribution is 6.18. The summed E-state index contributed by atoms with van der Waals surface area (Å²) in [6, 6.07) is 18.6. The van der Waals surface area contributed by atoms with Crippen LogP contribution in [0.2, 0.25) is 0 Å². The molecule has 0 unspecified atom stereocenters. The van der Waals surface area contributed by atoms with Gasteiger partial charge in [0, 0.05) is 18.0 Å². The second-order valence-corrected chi connectivity index (χ2v) is 5.05. The highest BCUT2D eigenvalue weighted by Gasteiger charge is 2.02. The molecular formula is C17H19ClN2. The third-order valence-electron chi connectivity index (χ3n) is 2.94. The van der Waals surface area contributed by atoms with Gasteiger partial charge in [-0.05, 0) is 24.6 Å². The molecule has 3 heteroatoms. The molecule has 2 rings (SSSR count). The fourth-order valence-electron chi connectivity index (χ4n) is 1.91. The summed E-state index contributed by atoms with van der Waals surface area (Å²) < 4.78 is 0. The molecule has 2 nitrogen and oxygen atoms in total. The molecule has 104 valence electrons. The van der Waals surface area contributed by atoms with Crippen molar-refractivity contribution in [2.75, 3.05) is 17.7 Å². The zero-order chi connectivity index (χ0) is 14.2. The van der Waals surface area contributed by atoms with Crippen LogP contribution in [0, 0.1) is 6.92 Å². The van der Waals surface area contributed by atoms with Gasteiger partial charge in [-0.3, -0.25) is 4.99 Å². The van der Waals surface area contributed by atoms with Crippen molar-refractivity contribution < 1.29 is 0 Å². The molecule has 0 spiro atoms. The van der Waals surface area contributed by atoms with Crippen molar-refractivity contribution >= 4 is 23.1 Å². The van der Waals surface area contributed by atoms with Crippen LogP contribution in [0.1, 0.15) is 11.1 Å². The predicted octanol–water partition coefficient (Wildman–Crippen LogP) is 4.29. The lowest BCUT2D eigenvalue weighted by Crippen LogP contribution is -2.16. The van der Waals surface area contributed by atoms with E-state index >= 15 is 0 Å². The zero-order valence-electron chi connectivity index (χ0n) is 11.6. The van der Waals surface area contributed by atoms with E-state index in [-0.39, 0.29) is 0 Å². The largest absolute Gasteiger partial charge is 0.344 e. The lowest BCUT2D eigenvalue weighted by atomic mass is 10.1. The quantitative estimate of drug-likeness (QED) is 0.495. The summed E-state index contributed by atoms with van der Waals surface area (Å²) in [5.41, 5.74) is 3.54. The summed E-state index contributed by atoms with van der Waals surface area (Å²) in [7, 11) is 0. The number of rotatable bonds is 5. The molecule has 0 saturated heterocycles. The van der Waals surface area contributed by atoms with Gasteiger partial charge in [0.15, 0.2) is 0 Å². The number of halogens is 1. The first-order chi connectivity index (χ1) is 9.78. The molecule has 2 aromatic carbocycles. The summed E-state index contributed by atoms with van der Waals surface area (Å²) in [5.74, 6) is 1.48. The molecular weight excluding hydrogens is 268 g/mol. The number of amidine groups is 1. The minimum atomic E-state index is 0.536. The van der Waals surface area contributed by atoms with Crippen LogP contribution in [0.3, 0.4) is 0 Å². The molecule has 0 aliphatic heterocycles. The number of hydrogen-bond donors (Lipinski definition) is 1. The average Bonchev–Trinajstić information content (AvgIpc) is 2.48. The number of hydrogen-bond acceptors (Lipinski definition) is 1. The topological polar surface area (TPSA) is 24.4 Å². The van der Waals surface area contributed by atoms with E-state index in [1.54, 1.807) is 0 Å². The van der Waals surface area contributed by atoms with Crippen molar-refractivity contribution in [3.63, 3.8) is 0 Å². The Morgan fingerprint density at radius 1 is 1.05 bits per heavy atom. The summed E-state index contributed by atoms with van der Waals surface area (Å²) >= 11 is 5.74. The fourth-order valence-corrected chi connectivity index (χ4v) is 1.99. The van der Waals surface area contributed by atoms with Crippen molar-refractivity contribution in [1.29, 1.82) is 0 Å². The lowest BCUT2D eigenvalue weighted by Gasteiger charge is -2.10. The second kappa shape index (κ2) is 7.71. The van der Waals surface area contributed by atoms with Crippen molar-refractivity contribution in [2.45, 2.75) is 13.3 Å². The van der Waals surface area contributed by atoms with E-state index < -0.39 is 0 Å². The first-order valence-electron chi connectivity index (χ1n) is 6.75. The predicted molar refractivity (Wildman–Crippen MR) is 88.0 cm³/mol. The van der Waals surface area contributed by atoms with Gasteiger partial charge in [0.25, 0.3) is 0 Å². The number of anilines is 1. The highest BCUT2D eigenvalue weighted by Crippen LogP contribution is 2.10. The lowest BCUT2D eigenvalue weighted by molar-refractivity contribution is 1.11. The number of alkyl halides is 1. The Balaban J connectivity index is 2.09. The minimum absolute atomic E-state index is 0.536. The van der Waals surface area contributed by atoms with Gasteiger partial charge in [-0.2, -0.15) is 0 Å². The molecule has 0 aromatic heterocycles. The summed E-state index contributed by atoms with van der Waals surface area (Å²) in [4.78, 5) is 4.53. The first-order valence-corrected chi connectivity index (χ1v) is 7.28. The van der Waals surface area contributed by atoms with E-state index in [1.807, 2.05) is 18.2 Å². The molecule has 0 aliphatic rings. The van der Waals surface area contributed by atoms with Crippen LogP contribution in [0.15, 0.2) is 59.6 Å². The molecule has 0 saturated carbocycles. The van der Waals surface area contributed by atoms with Crippen molar-refractivity contribution in [1.82, 2.24) is 0 Å². The zero-order valence-corrected chi connectivity index (χ0v) is 12.4. The van der Waals surface area contributed by atoms with Gasteiger partial charge in [0.1, 0.15) is 5.84 Å². The smallest absolute Gasteiger partial charge is 0.105 e. The van der Waals surface area contributed by atoms with Gasteiger partial charge >= 0.3 is 0 Å². The van der Waals surface area contributed by atoms with Gasteiger partial charge in [0.2, 0.25) is 0 Å². The molecule has 0 fully saturated rings. The Labute approximate surface area is 125 Å². The molecule has 0 bridgehead atoms. The van der Waals surface area contributed by atoms with Gasteiger partial charge in [-0.1, -0.05) is 48.0 Å². The molecule has 0 atom stereocenters. The third-order valence-corrected chi connectivity index (χ3v) is 3.11. The normalized spacial score (nSPS) is 11.4. The maximum absolute atomic E-state index is 5.74. The van der Waals surface area contributed by atoms with Gasteiger partial charge in [0.05, 0.1) is 6.54 Å². The Kier molecular flexibility index (Phi) is 5.63. The Morgan fingerprint density at radius 3 is 2.40 bits per heavy atom. The molecule has 1 N–H and O–H groups in total. The molecule has 20 heavy (non-hydrogen) atoms. The van der Waals surface area contributed by atoms with E-state index in [2.05, 4.69) is 53.6 Å². The Morgan fingerprint density at radius 2 is 1.75 bits per heavy atom. The Bertz CT molecular complexity index is 547. The van der Waals surface area contributed by atoms with Crippen molar-refractivity contribution in [3.05, 3.63) is 65.7 Å². The second-order valence-electron chi connectivity index (χ2n) is 4.67. The maximum Gasteiger partial charge on any atom is 0.105 e.